The van der Waals surface area contributed by atoms with E-state index in [-0.39, 0.29) is 14.4 Å². The fourth-order valence-corrected chi connectivity index (χ4v) is 7.27. The lowest BCUT2D eigenvalue weighted by Gasteiger charge is -2.26. The summed E-state index contributed by atoms with van der Waals surface area (Å²) >= 11 is 8.01. The van der Waals surface area contributed by atoms with Crippen LogP contribution in [0.3, 0.4) is 0 Å². The zero-order valence-corrected chi connectivity index (χ0v) is 20.0. The third-order valence-corrected chi connectivity index (χ3v) is 9.35. The molecule has 2 aromatic rings. The molecule has 3 heteroatoms. The van der Waals surface area contributed by atoms with Gasteiger partial charge in [0.15, 0.2) is 5.78 Å². The van der Waals surface area contributed by atoms with Crippen LogP contribution in [-0.4, -0.2) is 5.78 Å². The van der Waals surface area contributed by atoms with E-state index in [0.29, 0.717) is 0 Å². The molecule has 4 rings (SSSR count). The van der Waals surface area contributed by atoms with Gasteiger partial charge in [-0.05, 0) is 61.8 Å². The SMILES string of the molecule is Cc1c(C(=O)c2cccc(C3(Br)CCCC3)c2C)cccc1C1(Br)CCCC1. The van der Waals surface area contributed by atoms with Crippen LogP contribution >= 0.6 is 31.9 Å². The summed E-state index contributed by atoms with van der Waals surface area (Å²) in [4.78, 5) is 13.6. The van der Waals surface area contributed by atoms with Gasteiger partial charge in [0.05, 0.1) is 8.65 Å². The Balaban J connectivity index is 1.75. The molecule has 0 amide bonds. The molecule has 0 atom stereocenters. The van der Waals surface area contributed by atoms with Crippen molar-refractivity contribution in [3.8, 4) is 0 Å². The maximum atomic E-state index is 13.6. The highest BCUT2D eigenvalue weighted by Gasteiger charge is 2.36. The van der Waals surface area contributed by atoms with Gasteiger partial charge >= 0.3 is 0 Å². The zero-order chi connectivity index (χ0) is 19.9. The van der Waals surface area contributed by atoms with Crippen molar-refractivity contribution in [3.05, 3.63) is 69.8 Å². The first-order valence-electron chi connectivity index (χ1n) is 10.5. The number of carbonyl (C=O) groups excluding carboxylic acids is 1. The van der Waals surface area contributed by atoms with E-state index in [1.807, 2.05) is 12.1 Å². The summed E-state index contributed by atoms with van der Waals surface area (Å²) in [5.74, 6) is 0.155. The van der Waals surface area contributed by atoms with Crippen LogP contribution in [0.2, 0.25) is 0 Å². The average molecular weight is 504 g/mol. The molecule has 0 aliphatic heterocycles. The smallest absolute Gasteiger partial charge is 0.193 e. The second kappa shape index (κ2) is 7.72. The van der Waals surface area contributed by atoms with E-state index in [2.05, 4.69) is 70.0 Å². The summed E-state index contributed by atoms with van der Waals surface area (Å²) in [6.07, 6.45) is 9.57. The number of hydrogen-bond acceptors (Lipinski definition) is 1. The molecule has 0 heterocycles. The number of hydrogen-bond donors (Lipinski definition) is 0. The van der Waals surface area contributed by atoms with Crippen LogP contribution < -0.4 is 0 Å². The second-order valence-electron chi connectivity index (χ2n) is 8.63. The fraction of sp³-hybridized carbons (Fsp3) is 0.480. The first-order chi connectivity index (χ1) is 13.4. The van der Waals surface area contributed by atoms with E-state index < -0.39 is 0 Å². The van der Waals surface area contributed by atoms with Crippen molar-refractivity contribution in [2.75, 3.05) is 0 Å². The quantitative estimate of drug-likeness (QED) is 0.306. The minimum Gasteiger partial charge on any atom is -0.289 e. The topological polar surface area (TPSA) is 17.1 Å². The molecule has 28 heavy (non-hydrogen) atoms. The molecule has 0 aromatic heterocycles. The second-order valence-corrected chi connectivity index (χ2v) is 11.7. The van der Waals surface area contributed by atoms with Crippen molar-refractivity contribution in [3.63, 3.8) is 0 Å². The van der Waals surface area contributed by atoms with Gasteiger partial charge in [-0.3, -0.25) is 4.79 Å². The normalized spacial score (nSPS) is 20.4. The zero-order valence-electron chi connectivity index (χ0n) is 16.8. The molecule has 0 N–H and O–H groups in total. The Morgan fingerprint density at radius 1 is 0.714 bits per heavy atom. The van der Waals surface area contributed by atoms with Crippen molar-refractivity contribution in [2.45, 2.75) is 73.9 Å². The van der Waals surface area contributed by atoms with Crippen molar-refractivity contribution < 1.29 is 4.79 Å². The molecule has 2 aliphatic rings. The van der Waals surface area contributed by atoms with E-state index in [1.165, 1.54) is 36.8 Å². The highest BCUT2D eigenvalue weighted by atomic mass is 79.9. The van der Waals surface area contributed by atoms with Crippen LogP contribution in [0.15, 0.2) is 36.4 Å². The van der Waals surface area contributed by atoms with Gasteiger partial charge in [-0.15, -0.1) is 0 Å². The first kappa shape index (κ1) is 20.3. The van der Waals surface area contributed by atoms with E-state index >= 15 is 0 Å². The van der Waals surface area contributed by atoms with Crippen molar-refractivity contribution >= 4 is 37.6 Å². The van der Waals surface area contributed by atoms with E-state index in [1.54, 1.807) is 0 Å². The van der Waals surface area contributed by atoms with Gasteiger partial charge < -0.3 is 0 Å². The third kappa shape index (κ3) is 3.43. The molecule has 0 spiro atoms. The number of carbonyl (C=O) groups is 1. The highest BCUT2D eigenvalue weighted by molar-refractivity contribution is 9.09. The molecule has 2 fully saturated rings. The fourth-order valence-electron chi connectivity index (χ4n) is 5.29. The lowest BCUT2D eigenvalue weighted by atomic mass is 9.85. The summed E-state index contributed by atoms with van der Waals surface area (Å²) in [6, 6.07) is 12.5. The predicted molar refractivity (Wildman–Crippen MR) is 124 cm³/mol. The largest absolute Gasteiger partial charge is 0.289 e. The molecule has 2 aromatic carbocycles. The number of rotatable bonds is 4. The van der Waals surface area contributed by atoms with Gasteiger partial charge in [-0.25, -0.2) is 0 Å². The molecule has 148 valence electrons. The summed E-state index contributed by atoms with van der Waals surface area (Å²) in [5.41, 5.74) is 6.53. The molecule has 2 saturated carbocycles. The van der Waals surface area contributed by atoms with Crippen LogP contribution in [0, 0.1) is 13.8 Å². The molecule has 2 aliphatic carbocycles. The van der Waals surface area contributed by atoms with E-state index in [0.717, 1.165) is 47.9 Å². The Hall–Kier alpha value is -0.930. The Bertz CT molecular complexity index is 829. The monoisotopic (exact) mass is 502 g/mol. The van der Waals surface area contributed by atoms with Gasteiger partial charge in [-0.1, -0.05) is 93.9 Å². The minimum atomic E-state index is 0.0357. The highest BCUT2D eigenvalue weighted by Crippen LogP contribution is 2.49. The third-order valence-electron chi connectivity index (χ3n) is 6.91. The van der Waals surface area contributed by atoms with Gasteiger partial charge in [0.2, 0.25) is 0 Å². The Labute approximate surface area is 185 Å². The maximum absolute atomic E-state index is 13.6. The molecule has 0 unspecified atom stereocenters. The Kier molecular flexibility index (Phi) is 5.61. The number of benzene rings is 2. The molecule has 0 saturated heterocycles. The van der Waals surface area contributed by atoms with Crippen LogP contribution in [0.25, 0.3) is 0 Å². The van der Waals surface area contributed by atoms with Crippen LogP contribution in [0.1, 0.15) is 89.5 Å². The molecule has 0 radical (unpaired) electrons. The molecular weight excluding hydrogens is 476 g/mol. The number of alkyl halides is 2. The molecule has 0 bridgehead atoms. The Morgan fingerprint density at radius 2 is 1.07 bits per heavy atom. The standard InChI is InChI=1S/C25H28Br2O/c1-17-19(9-7-11-21(17)24(26)13-3-4-14-24)23(28)20-10-8-12-22(18(20)2)25(27)15-5-6-16-25/h7-12H,3-6,13-16H2,1-2H3. The van der Waals surface area contributed by atoms with Gasteiger partial charge in [-0.2, -0.15) is 0 Å². The van der Waals surface area contributed by atoms with Crippen molar-refractivity contribution in [1.29, 1.82) is 0 Å². The van der Waals surface area contributed by atoms with Crippen LogP contribution in [0.5, 0.6) is 0 Å². The van der Waals surface area contributed by atoms with Gasteiger partial charge in [0.1, 0.15) is 0 Å². The Morgan fingerprint density at radius 3 is 1.43 bits per heavy atom. The number of halogens is 2. The number of ketones is 1. The minimum absolute atomic E-state index is 0.0357. The summed E-state index contributed by atoms with van der Waals surface area (Å²) < 4.78 is 0.0715. The average Bonchev–Trinajstić information content (AvgIpc) is 3.31. The van der Waals surface area contributed by atoms with Gasteiger partial charge in [0, 0.05) is 11.1 Å². The van der Waals surface area contributed by atoms with Crippen molar-refractivity contribution in [1.82, 2.24) is 0 Å². The van der Waals surface area contributed by atoms with Gasteiger partial charge in [0.25, 0.3) is 0 Å². The predicted octanol–water partition coefficient (Wildman–Crippen LogP) is 7.86. The first-order valence-corrected chi connectivity index (χ1v) is 12.1. The lowest BCUT2D eigenvalue weighted by molar-refractivity contribution is 0.103. The lowest BCUT2D eigenvalue weighted by Crippen LogP contribution is -2.19. The summed E-state index contributed by atoms with van der Waals surface area (Å²) in [5, 5.41) is 0. The van der Waals surface area contributed by atoms with Crippen LogP contribution in [0.4, 0.5) is 0 Å². The van der Waals surface area contributed by atoms with E-state index in [4.69, 9.17) is 0 Å². The van der Waals surface area contributed by atoms with Crippen LogP contribution in [-0.2, 0) is 8.65 Å². The maximum Gasteiger partial charge on any atom is 0.193 e. The van der Waals surface area contributed by atoms with Crippen molar-refractivity contribution in [2.24, 2.45) is 0 Å². The summed E-state index contributed by atoms with van der Waals surface area (Å²) in [7, 11) is 0. The summed E-state index contributed by atoms with van der Waals surface area (Å²) in [6.45, 7) is 4.23. The van der Waals surface area contributed by atoms with E-state index in [9.17, 15) is 4.79 Å². The molecular formula is C25H28Br2O. The molecule has 1 nitrogen and oxygen atoms in total.